The Bertz CT molecular complexity index is 1220. The van der Waals surface area contributed by atoms with Gasteiger partial charge in [0.2, 0.25) is 5.56 Å². The maximum atomic E-state index is 13.9. The molecular weight excluding hydrogens is 364 g/mol. The van der Waals surface area contributed by atoms with Crippen LogP contribution in [-0.2, 0) is 6.61 Å². The summed E-state index contributed by atoms with van der Waals surface area (Å²) in [4.78, 5) is 18.9. The monoisotopic (exact) mass is 381 g/mol. The van der Waals surface area contributed by atoms with Crippen molar-refractivity contribution in [3.8, 4) is 17.0 Å². The van der Waals surface area contributed by atoms with Gasteiger partial charge in [0, 0.05) is 24.0 Å². The van der Waals surface area contributed by atoms with Gasteiger partial charge < -0.3 is 9.72 Å². The van der Waals surface area contributed by atoms with E-state index in [1.165, 1.54) is 24.3 Å². The van der Waals surface area contributed by atoms with Crippen molar-refractivity contribution in [2.75, 3.05) is 0 Å². The number of pyridine rings is 2. The first-order valence-corrected chi connectivity index (χ1v) is 8.68. The largest absolute Gasteiger partial charge is 0.485 e. The lowest BCUT2D eigenvalue weighted by atomic mass is 10.1. The summed E-state index contributed by atoms with van der Waals surface area (Å²) in [6.07, 6.45) is 3.45. The van der Waals surface area contributed by atoms with Crippen LogP contribution in [0.4, 0.5) is 8.78 Å². The van der Waals surface area contributed by atoms with Crippen LogP contribution in [-0.4, -0.2) is 14.4 Å². The first kappa shape index (κ1) is 17.9. The molecule has 1 aromatic carbocycles. The average molecular weight is 381 g/mol. The number of nitrogens with zero attached hydrogens (tertiary/aromatic N) is 2. The number of ether oxygens (including phenoxy) is 1. The molecule has 0 spiro atoms. The lowest BCUT2D eigenvalue weighted by Crippen LogP contribution is -2.04. The van der Waals surface area contributed by atoms with E-state index in [4.69, 9.17) is 4.74 Å². The van der Waals surface area contributed by atoms with E-state index in [1.807, 2.05) is 24.4 Å². The number of hydrogen-bond donors (Lipinski definition) is 1. The lowest BCUT2D eigenvalue weighted by Gasteiger charge is -2.11. The van der Waals surface area contributed by atoms with Crippen LogP contribution in [0.2, 0.25) is 0 Å². The Morgan fingerprint density at radius 3 is 2.61 bits per heavy atom. The van der Waals surface area contributed by atoms with E-state index in [1.54, 1.807) is 18.3 Å². The van der Waals surface area contributed by atoms with E-state index in [0.29, 0.717) is 22.7 Å². The van der Waals surface area contributed by atoms with E-state index in [9.17, 15) is 13.6 Å². The molecule has 0 fully saturated rings. The summed E-state index contributed by atoms with van der Waals surface area (Å²) in [5.41, 5.74) is 3.21. The maximum absolute atomic E-state index is 13.9. The van der Waals surface area contributed by atoms with Gasteiger partial charge in [-0.1, -0.05) is 6.07 Å². The molecule has 0 amide bonds. The molecule has 0 saturated heterocycles. The summed E-state index contributed by atoms with van der Waals surface area (Å²) < 4.78 is 35.4. The molecule has 142 valence electrons. The number of aromatic amines is 1. The fourth-order valence-electron chi connectivity index (χ4n) is 3.22. The van der Waals surface area contributed by atoms with Crippen molar-refractivity contribution in [2.45, 2.75) is 20.5 Å². The summed E-state index contributed by atoms with van der Waals surface area (Å²) >= 11 is 0. The number of hydrogen-bond acceptors (Lipinski definition) is 3. The van der Waals surface area contributed by atoms with Crippen molar-refractivity contribution in [2.24, 2.45) is 0 Å². The van der Waals surface area contributed by atoms with Gasteiger partial charge in [0.1, 0.15) is 18.2 Å². The second-order valence-corrected chi connectivity index (χ2v) is 6.55. The number of rotatable bonds is 4. The number of fused-ring (bicyclic) bond motifs is 1. The predicted molar refractivity (Wildman–Crippen MR) is 101 cm³/mol. The highest BCUT2D eigenvalue weighted by atomic mass is 19.1. The molecule has 0 bridgehead atoms. The number of halogens is 2. The standard InChI is InChI=1S/C21H17F2N3O2/c1-12-8-18(28-11-15-16(22)4-3-5-17(15)23)21-25-13(2)20(26(21)10-12)14-6-7-24-19(27)9-14/h3-10H,11H2,1-2H3,(H,24,27). The normalized spacial score (nSPS) is 11.1. The van der Waals surface area contributed by atoms with Gasteiger partial charge in [-0.05, 0) is 43.7 Å². The minimum absolute atomic E-state index is 0.139. The number of nitrogens with one attached hydrogen (secondary N) is 1. The zero-order chi connectivity index (χ0) is 19.8. The van der Waals surface area contributed by atoms with E-state index < -0.39 is 11.6 Å². The molecule has 0 aliphatic rings. The van der Waals surface area contributed by atoms with Gasteiger partial charge in [-0.25, -0.2) is 13.8 Å². The first-order chi connectivity index (χ1) is 13.4. The molecule has 0 radical (unpaired) electrons. The number of aromatic nitrogens is 3. The fraction of sp³-hybridized carbons (Fsp3) is 0.143. The molecule has 3 aromatic heterocycles. The lowest BCUT2D eigenvalue weighted by molar-refractivity contribution is 0.294. The molecule has 1 N–H and O–H groups in total. The van der Waals surface area contributed by atoms with Crippen LogP contribution < -0.4 is 10.3 Å². The first-order valence-electron chi connectivity index (χ1n) is 8.68. The van der Waals surface area contributed by atoms with Crippen LogP contribution in [0.3, 0.4) is 0 Å². The Balaban J connectivity index is 1.80. The maximum Gasteiger partial charge on any atom is 0.248 e. The molecule has 3 heterocycles. The zero-order valence-electron chi connectivity index (χ0n) is 15.3. The second kappa shape index (κ2) is 6.92. The van der Waals surface area contributed by atoms with Crippen LogP contribution in [0.15, 0.2) is 53.6 Å². The minimum Gasteiger partial charge on any atom is -0.485 e. The van der Waals surface area contributed by atoms with Crippen molar-refractivity contribution in [3.05, 3.63) is 87.6 Å². The Morgan fingerprint density at radius 1 is 1.14 bits per heavy atom. The summed E-state index contributed by atoms with van der Waals surface area (Å²) in [6.45, 7) is 3.45. The number of imidazole rings is 1. The zero-order valence-corrected chi connectivity index (χ0v) is 15.3. The Labute approximate surface area is 159 Å². The highest BCUT2D eigenvalue weighted by Gasteiger charge is 2.17. The minimum atomic E-state index is -0.660. The molecule has 0 aliphatic heterocycles. The van der Waals surface area contributed by atoms with Gasteiger partial charge >= 0.3 is 0 Å². The third kappa shape index (κ3) is 3.15. The van der Waals surface area contributed by atoms with Crippen LogP contribution >= 0.6 is 0 Å². The predicted octanol–water partition coefficient (Wildman–Crippen LogP) is 4.16. The average Bonchev–Trinajstić information content (AvgIpc) is 2.97. The van der Waals surface area contributed by atoms with Gasteiger partial charge in [0.25, 0.3) is 0 Å². The van der Waals surface area contributed by atoms with E-state index >= 15 is 0 Å². The topological polar surface area (TPSA) is 59.4 Å². The smallest absolute Gasteiger partial charge is 0.248 e. The van der Waals surface area contributed by atoms with Gasteiger partial charge in [0.05, 0.1) is 17.0 Å². The molecule has 7 heteroatoms. The summed E-state index contributed by atoms with van der Waals surface area (Å²) in [6, 6.07) is 8.74. The summed E-state index contributed by atoms with van der Waals surface area (Å²) in [5, 5.41) is 0. The highest BCUT2D eigenvalue weighted by Crippen LogP contribution is 2.30. The van der Waals surface area contributed by atoms with E-state index in [0.717, 1.165) is 11.3 Å². The Morgan fingerprint density at radius 2 is 1.89 bits per heavy atom. The second-order valence-electron chi connectivity index (χ2n) is 6.55. The van der Waals surface area contributed by atoms with Crippen LogP contribution in [0.5, 0.6) is 5.75 Å². The molecule has 4 aromatic rings. The van der Waals surface area contributed by atoms with Crippen LogP contribution in [0.25, 0.3) is 16.9 Å². The van der Waals surface area contributed by atoms with Crippen molar-refractivity contribution in [1.29, 1.82) is 0 Å². The third-order valence-corrected chi connectivity index (χ3v) is 4.48. The highest BCUT2D eigenvalue weighted by molar-refractivity contribution is 5.70. The van der Waals surface area contributed by atoms with Gasteiger partial charge in [-0.2, -0.15) is 0 Å². The molecule has 0 saturated carbocycles. The molecular formula is C21H17F2N3O2. The summed E-state index contributed by atoms with van der Waals surface area (Å²) in [5.74, 6) is -0.915. The Kier molecular flexibility index (Phi) is 4.43. The molecule has 0 unspecified atom stereocenters. The van der Waals surface area contributed by atoms with Crippen molar-refractivity contribution in [3.63, 3.8) is 0 Å². The van der Waals surface area contributed by atoms with E-state index in [-0.39, 0.29) is 17.7 Å². The number of benzene rings is 1. The SMILES string of the molecule is Cc1cc(OCc2c(F)cccc2F)c2nc(C)c(-c3cc[nH]c(=O)c3)n2c1. The third-order valence-electron chi connectivity index (χ3n) is 4.48. The number of aryl methyl sites for hydroxylation is 2. The van der Waals surface area contributed by atoms with Gasteiger partial charge in [-0.3, -0.25) is 9.20 Å². The van der Waals surface area contributed by atoms with Crippen LogP contribution in [0, 0.1) is 25.5 Å². The van der Waals surface area contributed by atoms with Crippen molar-refractivity contribution >= 4 is 5.65 Å². The van der Waals surface area contributed by atoms with Crippen molar-refractivity contribution in [1.82, 2.24) is 14.4 Å². The van der Waals surface area contributed by atoms with E-state index in [2.05, 4.69) is 9.97 Å². The fourth-order valence-corrected chi connectivity index (χ4v) is 3.22. The summed E-state index contributed by atoms with van der Waals surface area (Å²) in [7, 11) is 0. The van der Waals surface area contributed by atoms with Crippen molar-refractivity contribution < 1.29 is 13.5 Å². The molecule has 0 aliphatic carbocycles. The quantitative estimate of drug-likeness (QED) is 0.577. The Hall–Kier alpha value is -3.48. The molecule has 28 heavy (non-hydrogen) atoms. The van der Waals surface area contributed by atoms with Gasteiger partial charge in [-0.15, -0.1) is 0 Å². The molecule has 5 nitrogen and oxygen atoms in total. The molecule has 4 rings (SSSR count). The number of H-pyrrole nitrogens is 1. The van der Waals surface area contributed by atoms with Gasteiger partial charge in [0.15, 0.2) is 11.4 Å². The van der Waals surface area contributed by atoms with Crippen LogP contribution in [0.1, 0.15) is 16.8 Å². The molecule has 0 atom stereocenters.